The van der Waals surface area contributed by atoms with Crippen LogP contribution < -0.4 is 14.8 Å². The summed E-state index contributed by atoms with van der Waals surface area (Å²) in [6.45, 7) is 0.499. The molecule has 0 fully saturated rings. The number of aliphatic carboxylic acids is 1. The molecule has 0 saturated carbocycles. The van der Waals surface area contributed by atoms with Crippen molar-refractivity contribution < 1.29 is 19.4 Å². The summed E-state index contributed by atoms with van der Waals surface area (Å²) in [5.74, 6) is -0.106. The highest BCUT2D eigenvalue weighted by Gasteiger charge is 2.20. The Morgan fingerprint density at radius 1 is 1.03 bits per heavy atom. The number of aromatic nitrogens is 1. The van der Waals surface area contributed by atoms with Crippen molar-refractivity contribution >= 4 is 51.7 Å². The molecule has 0 unspecified atom stereocenters. The number of para-hydroxylation sites is 1. The fourth-order valence-corrected chi connectivity index (χ4v) is 4.42. The van der Waals surface area contributed by atoms with E-state index in [1.54, 1.807) is 24.3 Å². The van der Waals surface area contributed by atoms with Gasteiger partial charge >= 0.3 is 5.97 Å². The summed E-state index contributed by atoms with van der Waals surface area (Å²) in [6, 6.07) is 15.7. The Morgan fingerprint density at radius 2 is 1.80 bits per heavy atom. The van der Waals surface area contributed by atoms with Crippen LogP contribution >= 0.6 is 34.8 Å². The van der Waals surface area contributed by atoms with Gasteiger partial charge in [-0.1, -0.05) is 59.1 Å². The molecule has 4 rings (SSSR count). The van der Waals surface area contributed by atoms with Crippen LogP contribution in [0, 0.1) is 0 Å². The molecule has 0 spiro atoms. The molecule has 9 heteroatoms. The normalized spacial score (nSPS) is 12.0. The average Bonchev–Trinajstić information content (AvgIpc) is 3.25. The Bertz CT molecular complexity index is 1360. The highest BCUT2D eigenvalue weighted by atomic mass is 35.5. The minimum Gasteiger partial charge on any atom is -0.493 e. The Morgan fingerprint density at radius 3 is 2.54 bits per heavy atom. The summed E-state index contributed by atoms with van der Waals surface area (Å²) >= 11 is 18.5. The molecule has 0 amide bonds. The van der Waals surface area contributed by atoms with E-state index in [1.165, 1.54) is 7.11 Å². The van der Waals surface area contributed by atoms with E-state index in [4.69, 9.17) is 44.3 Å². The number of rotatable bonds is 10. The van der Waals surface area contributed by atoms with Crippen molar-refractivity contribution in [2.75, 3.05) is 7.11 Å². The van der Waals surface area contributed by atoms with Crippen LogP contribution in [0.3, 0.4) is 0 Å². The second-order valence-electron chi connectivity index (χ2n) is 7.98. The van der Waals surface area contributed by atoms with E-state index in [9.17, 15) is 9.90 Å². The van der Waals surface area contributed by atoms with Gasteiger partial charge in [0.25, 0.3) is 0 Å². The Hall–Kier alpha value is -2.90. The number of carboxylic acids is 1. The number of halogens is 3. The Labute approximate surface area is 217 Å². The van der Waals surface area contributed by atoms with E-state index in [0.29, 0.717) is 33.0 Å². The van der Waals surface area contributed by atoms with Gasteiger partial charge < -0.3 is 24.9 Å². The molecule has 0 radical (unpaired) electrons. The molecule has 6 nitrogen and oxygen atoms in total. The molecule has 1 atom stereocenters. The summed E-state index contributed by atoms with van der Waals surface area (Å²) < 4.78 is 11.4. The van der Waals surface area contributed by atoms with E-state index in [-0.39, 0.29) is 13.2 Å². The molecule has 3 aromatic carbocycles. The lowest BCUT2D eigenvalue weighted by molar-refractivity contribution is -0.139. The van der Waals surface area contributed by atoms with Crippen molar-refractivity contribution in [1.82, 2.24) is 10.3 Å². The number of H-pyrrole nitrogens is 1. The summed E-state index contributed by atoms with van der Waals surface area (Å²) in [5.41, 5.74) is 3.49. The number of carboxylic acid groups (broad SMARTS) is 1. The van der Waals surface area contributed by atoms with Gasteiger partial charge in [0.05, 0.1) is 22.2 Å². The number of methoxy groups -OCH3 is 1. The maximum absolute atomic E-state index is 11.9. The van der Waals surface area contributed by atoms with Crippen molar-refractivity contribution in [3.8, 4) is 11.5 Å². The highest BCUT2D eigenvalue weighted by Crippen LogP contribution is 2.37. The van der Waals surface area contributed by atoms with Crippen molar-refractivity contribution in [1.29, 1.82) is 0 Å². The molecular weight excluding hydrogens is 511 g/mol. The molecule has 1 aromatic heterocycles. The van der Waals surface area contributed by atoms with Crippen LogP contribution in [0.1, 0.15) is 16.7 Å². The topological polar surface area (TPSA) is 83.6 Å². The number of carbonyl (C=O) groups is 1. The third-order valence-electron chi connectivity index (χ3n) is 5.61. The van der Waals surface area contributed by atoms with Crippen molar-refractivity contribution in [2.24, 2.45) is 0 Å². The van der Waals surface area contributed by atoms with Gasteiger partial charge in [0.15, 0.2) is 11.5 Å². The van der Waals surface area contributed by atoms with Crippen LogP contribution in [-0.4, -0.2) is 29.2 Å². The third-order valence-corrected chi connectivity index (χ3v) is 6.63. The van der Waals surface area contributed by atoms with E-state index < -0.39 is 12.0 Å². The van der Waals surface area contributed by atoms with Gasteiger partial charge in [-0.05, 0) is 47.0 Å². The van der Waals surface area contributed by atoms with Gasteiger partial charge in [0.2, 0.25) is 0 Å². The lowest BCUT2D eigenvalue weighted by atomic mass is 10.0. The molecule has 182 valence electrons. The summed E-state index contributed by atoms with van der Waals surface area (Å²) in [5, 5.41) is 15.1. The number of benzene rings is 3. The Balaban J connectivity index is 1.45. The third kappa shape index (κ3) is 6.03. The van der Waals surface area contributed by atoms with E-state index in [2.05, 4.69) is 10.3 Å². The van der Waals surface area contributed by atoms with Crippen molar-refractivity contribution in [3.05, 3.63) is 92.6 Å². The SMILES string of the molecule is COc1cc(CN[C@H](Cc2c[nH]c3ccccc23)C(=O)O)cc(Cl)c1OCc1ccc(Cl)c(Cl)c1. The number of fused-ring (bicyclic) bond motifs is 1. The van der Waals surface area contributed by atoms with Gasteiger partial charge in [-0.15, -0.1) is 0 Å². The first kappa shape index (κ1) is 25.2. The van der Waals surface area contributed by atoms with Crippen LogP contribution in [0.5, 0.6) is 11.5 Å². The molecule has 0 bridgehead atoms. The Kier molecular flexibility index (Phi) is 8.08. The van der Waals surface area contributed by atoms with Gasteiger partial charge in [-0.25, -0.2) is 0 Å². The summed E-state index contributed by atoms with van der Waals surface area (Å²) in [7, 11) is 1.52. The molecular formula is C26H23Cl3N2O4. The van der Waals surface area contributed by atoms with E-state index in [0.717, 1.165) is 27.6 Å². The fraction of sp³-hybridized carbons (Fsp3) is 0.192. The number of nitrogens with one attached hydrogen (secondary N) is 2. The largest absolute Gasteiger partial charge is 0.493 e. The highest BCUT2D eigenvalue weighted by molar-refractivity contribution is 6.42. The first-order chi connectivity index (χ1) is 16.9. The van der Waals surface area contributed by atoms with Crippen LogP contribution in [0.2, 0.25) is 15.1 Å². The number of aromatic amines is 1. The molecule has 35 heavy (non-hydrogen) atoms. The van der Waals surface area contributed by atoms with Gasteiger partial charge in [0.1, 0.15) is 12.6 Å². The van der Waals surface area contributed by atoms with Crippen LogP contribution in [0.25, 0.3) is 10.9 Å². The maximum atomic E-state index is 11.9. The van der Waals surface area contributed by atoms with Crippen LogP contribution in [0.15, 0.2) is 60.8 Å². The standard InChI is InChI=1S/C26H23Cl3N2O4/c1-34-24-10-16(9-21(29)25(24)35-14-15-6-7-19(27)20(28)8-15)12-30-23(26(32)33)11-17-13-31-22-5-3-2-4-18(17)22/h2-10,13,23,30-31H,11-12,14H2,1H3,(H,32,33)/t23-/m1/s1. The molecule has 0 aliphatic heterocycles. The smallest absolute Gasteiger partial charge is 0.321 e. The minimum absolute atomic E-state index is 0.219. The number of ether oxygens (including phenoxy) is 2. The predicted octanol–water partition coefficient (Wildman–Crippen LogP) is 6.50. The monoisotopic (exact) mass is 532 g/mol. The molecule has 3 N–H and O–H groups in total. The second-order valence-corrected chi connectivity index (χ2v) is 9.20. The average molecular weight is 534 g/mol. The number of hydrogen-bond acceptors (Lipinski definition) is 4. The van der Waals surface area contributed by atoms with Crippen molar-refractivity contribution in [2.45, 2.75) is 25.6 Å². The first-order valence-corrected chi connectivity index (χ1v) is 11.9. The lowest BCUT2D eigenvalue weighted by Gasteiger charge is -2.17. The fourth-order valence-electron chi connectivity index (χ4n) is 3.81. The molecule has 0 aliphatic rings. The minimum atomic E-state index is -0.935. The van der Waals surface area contributed by atoms with Gasteiger partial charge in [-0.2, -0.15) is 0 Å². The van der Waals surface area contributed by atoms with Gasteiger partial charge in [-0.3, -0.25) is 4.79 Å². The molecule has 1 heterocycles. The zero-order chi connectivity index (χ0) is 24.9. The van der Waals surface area contributed by atoms with E-state index >= 15 is 0 Å². The first-order valence-electron chi connectivity index (χ1n) is 10.8. The molecule has 0 aliphatic carbocycles. The van der Waals surface area contributed by atoms with Crippen LogP contribution in [-0.2, 0) is 24.4 Å². The molecule has 0 saturated heterocycles. The number of hydrogen-bond donors (Lipinski definition) is 3. The summed E-state index contributed by atoms with van der Waals surface area (Å²) in [4.78, 5) is 15.1. The van der Waals surface area contributed by atoms with Crippen LogP contribution in [0.4, 0.5) is 0 Å². The lowest BCUT2D eigenvalue weighted by Crippen LogP contribution is -2.38. The summed E-state index contributed by atoms with van der Waals surface area (Å²) in [6.07, 6.45) is 2.18. The zero-order valence-corrected chi connectivity index (χ0v) is 21.0. The van der Waals surface area contributed by atoms with Gasteiger partial charge in [0, 0.05) is 30.1 Å². The second kappa shape index (κ2) is 11.2. The van der Waals surface area contributed by atoms with E-state index in [1.807, 2.05) is 36.5 Å². The van der Waals surface area contributed by atoms with Crippen molar-refractivity contribution in [3.63, 3.8) is 0 Å². The molecule has 4 aromatic rings. The maximum Gasteiger partial charge on any atom is 0.321 e. The quantitative estimate of drug-likeness (QED) is 0.217. The zero-order valence-electron chi connectivity index (χ0n) is 18.8. The predicted molar refractivity (Wildman–Crippen MR) is 139 cm³/mol.